The first-order chi connectivity index (χ1) is 11.6. The molecule has 126 valence electrons. The summed E-state index contributed by atoms with van der Waals surface area (Å²) < 4.78 is 6.79. The first-order valence-corrected chi connectivity index (χ1v) is 9.32. The molecule has 0 spiro atoms. The van der Waals surface area contributed by atoms with Crippen molar-refractivity contribution in [3.8, 4) is 11.3 Å². The van der Waals surface area contributed by atoms with E-state index in [0.29, 0.717) is 23.5 Å². The topological polar surface area (TPSA) is 45.5 Å². The summed E-state index contributed by atoms with van der Waals surface area (Å²) in [6.07, 6.45) is 2.35. The summed E-state index contributed by atoms with van der Waals surface area (Å²) in [4.78, 5) is 15.1. The molecule has 5 rings (SSSR count). The van der Waals surface area contributed by atoms with E-state index in [0.717, 1.165) is 23.1 Å². The van der Waals surface area contributed by atoms with Crippen LogP contribution in [0, 0.1) is 5.92 Å². The Hall–Kier alpha value is -1.59. The number of rotatable bonds is 3. The molecule has 3 aliphatic heterocycles. The Morgan fingerprint density at radius 3 is 2.75 bits per heavy atom. The van der Waals surface area contributed by atoms with Gasteiger partial charge in [0.15, 0.2) is 5.76 Å². The van der Waals surface area contributed by atoms with E-state index >= 15 is 0 Å². The molecular formula is C19H21BrN2O2. The number of benzene rings is 1. The monoisotopic (exact) mass is 388 g/mol. The Morgan fingerprint density at radius 1 is 1.25 bits per heavy atom. The fourth-order valence-electron chi connectivity index (χ4n) is 4.02. The summed E-state index contributed by atoms with van der Waals surface area (Å²) in [6, 6.07) is 12.1. The third-order valence-corrected chi connectivity index (χ3v) is 5.91. The number of halogens is 1. The van der Waals surface area contributed by atoms with E-state index in [2.05, 4.69) is 33.1 Å². The molecule has 1 N–H and O–H groups in total. The quantitative estimate of drug-likeness (QED) is 0.866. The second-order valence-electron chi connectivity index (χ2n) is 6.79. The molecule has 0 aliphatic carbocycles. The summed E-state index contributed by atoms with van der Waals surface area (Å²) in [5, 5.41) is 3.21. The molecule has 4 heterocycles. The van der Waals surface area contributed by atoms with Gasteiger partial charge < -0.3 is 9.73 Å². The van der Waals surface area contributed by atoms with Crippen LogP contribution in [0.4, 0.5) is 0 Å². The Labute approximate surface area is 150 Å². The molecule has 3 aliphatic rings. The highest BCUT2D eigenvalue weighted by Crippen LogP contribution is 2.32. The smallest absolute Gasteiger partial charge is 0.287 e. The number of furan rings is 1. The maximum absolute atomic E-state index is 12.6. The molecule has 2 bridgehead atoms. The normalized spacial score (nSPS) is 28.8. The van der Waals surface area contributed by atoms with Crippen LogP contribution < -0.4 is 5.32 Å². The van der Waals surface area contributed by atoms with E-state index in [1.807, 2.05) is 30.3 Å². The van der Waals surface area contributed by atoms with E-state index in [1.54, 1.807) is 6.07 Å². The van der Waals surface area contributed by atoms with Crippen LogP contribution in [0.3, 0.4) is 0 Å². The number of carbonyl (C=O) groups excluding carboxylic acids is 1. The number of hydrogen-bond donors (Lipinski definition) is 1. The average Bonchev–Trinajstić information content (AvgIpc) is 3.09. The second-order valence-corrected chi connectivity index (χ2v) is 7.70. The van der Waals surface area contributed by atoms with Crippen molar-refractivity contribution in [2.75, 3.05) is 13.1 Å². The first kappa shape index (κ1) is 15.9. The molecule has 2 unspecified atom stereocenters. The lowest BCUT2D eigenvalue weighted by molar-refractivity contribution is 0.0211. The van der Waals surface area contributed by atoms with Gasteiger partial charge in [-0.15, -0.1) is 0 Å². The number of nitrogens with zero attached hydrogens (tertiary/aromatic N) is 1. The van der Waals surface area contributed by atoms with Crippen molar-refractivity contribution in [2.45, 2.75) is 31.8 Å². The molecule has 0 radical (unpaired) electrons. The van der Waals surface area contributed by atoms with Gasteiger partial charge >= 0.3 is 0 Å². The molecule has 24 heavy (non-hydrogen) atoms. The van der Waals surface area contributed by atoms with E-state index in [1.165, 1.54) is 12.8 Å². The van der Waals surface area contributed by atoms with Gasteiger partial charge in [-0.1, -0.05) is 28.1 Å². The fourth-order valence-corrected chi connectivity index (χ4v) is 4.42. The minimum atomic E-state index is -0.109. The van der Waals surface area contributed by atoms with E-state index in [-0.39, 0.29) is 11.9 Å². The standard InChI is InChI=1S/C19H21BrN2O2/c1-12-18(13-7-9-22(12)10-8-13)21-19(23)17-6-5-16(24-17)14-3-2-4-15(20)11-14/h2-6,11-13,18H,7-10H2,1H3,(H,21,23). The zero-order valence-electron chi connectivity index (χ0n) is 13.7. The van der Waals surface area contributed by atoms with Crippen molar-refractivity contribution in [1.82, 2.24) is 10.2 Å². The fraction of sp³-hybridized carbons (Fsp3) is 0.421. The summed E-state index contributed by atoms with van der Waals surface area (Å²) in [6.45, 7) is 4.53. The number of piperidine rings is 3. The minimum absolute atomic E-state index is 0.109. The van der Waals surface area contributed by atoms with Crippen LogP contribution in [0.1, 0.15) is 30.3 Å². The molecule has 1 aromatic heterocycles. The van der Waals surface area contributed by atoms with Crippen molar-refractivity contribution >= 4 is 21.8 Å². The predicted molar refractivity (Wildman–Crippen MR) is 96.9 cm³/mol. The average molecular weight is 389 g/mol. The lowest BCUT2D eigenvalue weighted by Gasteiger charge is -2.49. The maximum Gasteiger partial charge on any atom is 0.287 e. The predicted octanol–water partition coefficient (Wildman–Crippen LogP) is 3.92. The largest absolute Gasteiger partial charge is 0.451 e. The van der Waals surface area contributed by atoms with Crippen molar-refractivity contribution in [2.24, 2.45) is 5.92 Å². The van der Waals surface area contributed by atoms with Gasteiger partial charge in [-0.2, -0.15) is 0 Å². The van der Waals surface area contributed by atoms with Crippen molar-refractivity contribution in [3.05, 3.63) is 46.6 Å². The first-order valence-electron chi connectivity index (χ1n) is 8.52. The number of nitrogens with one attached hydrogen (secondary N) is 1. The molecule has 2 aromatic rings. The van der Waals surface area contributed by atoms with Crippen molar-refractivity contribution in [1.29, 1.82) is 0 Å². The van der Waals surface area contributed by atoms with Gasteiger partial charge in [0.25, 0.3) is 5.91 Å². The van der Waals surface area contributed by atoms with Gasteiger partial charge in [0.05, 0.1) is 0 Å². The van der Waals surface area contributed by atoms with E-state index in [4.69, 9.17) is 4.42 Å². The van der Waals surface area contributed by atoms with Crippen LogP contribution in [-0.4, -0.2) is 36.0 Å². The molecular weight excluding hydrogens is 368 g/mol. The molecule has 3 fully saturated rings. The number of hydrogen-bond acceptors (Lipinski definition) is 3. The molecule has 3 saturated heterocycles. The van der Waals surface area contributed by atoms with Gasteiger partial charge in [0.1, 0.15) is 5.76 Å². The van der Waals surface area contributed by atoms with Gasteiger partial charge in [0.2, 0.25) is 0 Å². The number of fused-ring (bicyclic) bond motifs is 3. The van der Waals surface area contributed by atoms with Gasteiger partial charge in [-0.3, -0.25) is 9.69 Å². The Bertz CT molecular complexity index is 747. The highest BCUT2D eigenvalue weighted by Gasteiger charge is 2.40. The van der Waals surface area contributed by atoms with Crippen LogP contribution >= 0.6 is 15.9 Å². The second kappa shape index (κ2) is 6.37. The Balaban J connectivity index is 1.49. The van der Waals surface area contributed by atoms with Gasteiger partial charge in [0, 0.05) is 22.1 Å². The molecule has 0 saturated carbocycles. The summed E-state index contributed by atoms with van der Waals surface area (Å²) in [7, 11) is 0. The lowest BCUT2D eigenvalue weighted by atomic mass is 9.79. The summed E-state index contributed by atoms with van der Waals surface area (Å²) in [5.41, 5.74) is 0.958. The highest BCUT2D eigenvalue weighted by atomic mass is 79.9. The zero-order chi connectivity index (χ0) is 16.7. The van der Waals surface area contributed by atoms with Crippen molar-refractivity contribution in [3.63, 3.8) is 0 Å². The van der Waals surface area contributed by atoms with Crippen LogP contribution in [0.5, 0.6) is 0 Å². The van der Waals surface area contributed by atoms with Gasteiger partial charge in [-0.05, 0) is 63.0 Å². The summed E-state index contributed by atoms with van der Waals surface area (Å²) in [5.74, 6) is 1.58. The Morgan fingerprint density at radius 2 is 2.04 bits per heavy atom. The third kappa shape index (κ3) is 2.91. The zero-order valence-corrected chi connectivity index (χ0v) is 15.3. The number of amides is 1. The molecule has 1 aromatic carbocycles. The van der Waals surface area contributed by atoms with Crippen LogP contribution in [0.25, 0.3) is 11.3 Å². The van der Waals surface area contributed by atoms with Crippen LogP contribution in [0.15, 0.2) is 45.3 Å². The highest BCUT2D eigenvalue weighted by molar-refractivity contribution is 9.10. The Kier molecular flexibility index (Phi) is 4.22. The maximum atomic E-state index is 12.6. The molecule has 1 amide bonds. The van der Waals surface area contributed by atoms with Crippen molar-refractivity contribution < 1.29 is 9.21 Å². The molecule has 5 heteroatoms. The van der Waals surface area contributed by atoms with Crippen LogP contribution in [0.2, 0.25) is 0 Å². The minimum Gasteiger partial charge on any atom is -0.451 e. The lowest BCUT2D eigenvalue weighted by Crippen LogP contribution is -2.62. The molecule has 4 nitrogen and oxygen atoms in total. The van der Waals surface area contributed by atoms with Crippen LogP contribution in [-0.2, 0) is 0 Å². The summed E-state index contributed by atoms with van der Waals surface area (Å²) >= 11 is 3.46. The SMILES string of the molecule is CC1C(NC(=O)c2ccc(-c3cccc(Br)c3)o2)C2CCN1CC2. The van der Waals surface area contributed by atoms with E-state index in [9.17, 15) is 4.79 Å². The van der Waals surface area contributed by atoms with E-state index < -0.39 is 0 Å². The molecule has 2 atom stereocenters. The third-order valence-electron chi connectivity index (χ3n) is 5.41. The number of carbonyl (C=O) groups is 1. The van der Waals surface area contributed by atoms with Gasteiger partial charge in [-0.25, -0.2) is 0 Å².